The molecule has 9 nitrogen and oxygen atoms in total. The van der Waals surface area contributed by atoms with E-state index in [2.05, 4.69) is 42.1 Å². The van der Waals surface area contributed by atoms with Gasteiger partial charge in [0.25, 0.3) is 5.56 Å². The normalized spacial score (nSPS) is 10.6. The summed E-state index contributed by atoms with van der Waals surface area (Å²) < 4.78 is 15.9. The summed E-state index contributed by atoms with van der Waals surface area (Å²) in [5.41, 5.74) is 6.85. The highest BCUT2D eigenvalue weighted by Crippen LogP contribution is 2.18. The van der Waals surface area contributed by atoms with Crippen molar-refractivity contribution in [1.29, 1.82) is 0 Å². The third kappa shape index (κ3) is 4.58. The highest BCUT2D eigenvalue weighted by Gasteiger charge is 2.16. The highest BCUT2D eigenvalue weighted by atomic mass is 19.1. The molecule has 0 radical (unpaired) electrons. The molecule has 0 aliphatic heterocycles. The number of benzene rings is 2. The van der Waals surface area contributed by atoms with Gasteiger partial charge in [-0.1, -0.05) is 30.2 Å². The van der Waals surface area contributed by atoms with Gasteiger partial charge in [0.15, 0.2) is 0 Å². The van der Waals surface area contributed by atoms with Gasteiger partial charge in [-0.3, -0.25) is 9.36 Å². The van der Waals surface area contributed by atoms with Crippen LogP contribution in [0.5, 0.6) is 0 Å². The van der Waals surface area contributed by atoms with Gasteiger partial charge in [-0.2, -0.15) is 0 Å². The van der Waals surface area contributed by atoms with E-state index in [4.69, 9.17) is 5.73 Å². The maximum Gasteiger partial charge on any atom is 0.268 e. The molecule has 0 saturated carbocycles. The van der Waals surface area contributed by atoms with Crippen LogP contribution in [0, 0.1) is 17.7 Å². The average Bonchev–Trinajstić information content (AvgIpc) is 2.89. The van der Waals surface area contributed by atoms with Crippen LogP contribution >= 0.6 is 0 Å². The van der Waals surface area contributed by atoms with Crippen molar-refractivity contribution in [2.75, 3.05) is 17.6 Å². The fourth-order valence-corrected chi connectivity index (χ4v) is 3.68. The lowest BCUT2D eigenvalue weighted by Crippen LogP contribution is -2.26. The fourth-order valence-electron chi connectivity index (χ4n) is 3.68. The van der Waals surface area contributed by atoms with E-state index in [1.807, 2.05) is 6.07 Å². The molecule has 0 bridgehead atoms. The molecule has 0 fully saturated rings. The Morgan fingerprint density at radius 3 is 2.56 bits per heavy atom. The molecule has 36 heavy (non-hydrogen) atoms. The van der Waals surface area contributed by atoms with Gasteiger partial charge in [0.05, 0.1) is 11.2 Å². The number of aromatic nitrogens is 6. The largest absolute Gasteiger partial charge is 0.382 e. The number of hydrogen-bond donors (Lipinski definition) is 2. The van der Waals surface area contributed by atoms with Crippen LogP contribution in [0.15, 0.2) is 78.1 Å². The number of anilines is 2. The van der Waals surface area contributed by atoms with E-state index in [1.165, 1.54) is 23.0 Å². The summed E-state index contributed by atoms with van der Waals surface area (Å²) in [6, 6.07) is 15.1. The number of nitrogen functional groups attached to an aromatic ring is 1. The zero-order chi connectivity index (χ0) is 24.9. The van der Waals surface area contributed by atoms with Crippen LogP contribution in [-0.2, 0) is 6.42 Å². The molecule has 0 saturated heterocycles. The van der Waals surface area contributed by atoms with Gasteiger partial charge in [0.1, 0.15) is 40.6 Å². The second-order valence-corrected chi connectivity index (χ2v) is 7.62. The van der Waals surface area contributed by atoms with Gasteiger partial charge in [-0.15, -0.1) is 0 Å². The standard InChI is InChI=1S/C26H19FN8O/c27-19-8-4-9-20-23(19)26(36)35(17-6-2-1-3-7-17)22(34-20)12-15-31-25-18(24(28)32-16-33-25)10-11-21-29-13-5-14-30-21/h1-9,13-14,16H,12,15H2,(H3,28,31,32,33). The lowest BCUT2D eigenvalue weighted by atomic mass is 10.2. The van der Waals surface area contributed by atoms with Crippen molar-refractivity contribution >= 4 is 22.5 Å². The Morgan fingerprint density at radius 1 is 0.944 bits per heavy atom. The molecule has 3 heterocycles. The van der Waals surface area contributed by atoms with E-state index in [1.54, 1.807) is 48.8 Å². The zero-order valence-corrected chi connectivity index (χ0v) is 18.9. The van der Waals surface area contributed by atoms with E-state index in [9.17, 15) is 9.18 Å². The summed E-state index contributed by atoms with van der Waals surface area (Å²) in [5.74, 6) is 6.59. The molecular weight excluding hydrogens is 459 g/mol. The van der Waals surface area contributed by atoms with Crippen molar-refractivity contribution in [3.05, 3.63) is 107 Å². The van der Waals surface area contributed by atoms with Crippen LogP contribution in [0.25, 0.3) is 16.6 Å². The van der Waals surface area contributed by atoms with E-state index in [0.717, 1.165) is 0 Å². The van der Waals surface area contributed by atoms with Crippen molar-refractivity contribution in [3.8, 4) is 17.5 Å². The maximum atomic E-state index is 14.5. The monoisotopic (exact) mass is 478 g/mol. The van der Waals surface area contributed by atoms with Gasteiger partial charge in [0, 0.05) is 25.4 Å². The van der Waals surface area contributed by atoms with Crippen molar-refractivity contribution in [3.63, 3.8) is 0 Å². The van der Waals surface area contributed by atoms with Crippen molar-refractivity contribution in [2.45, 2.75) is 6.42 Å². The average molecular weight is 478 g/mol. The Labute approximate surface area is 204 Å². The van der Waals surface area contributed by atoms with Crippen LogP contribution in [0.3, 0.4) is 0 Å². The van der Waals surface area contributed by atoms with Crippen LogP contribution in [-0.4, -0.2) is 36.0 Å². The molecule has 5 rings (SSSR count). The first kappa shape index (κ1) is 22.6. The lowest BCUT2D eigenvalue weighted by Gasteiger charge is -2.15. The summed E-state index contributed by atoms with van der Waals surface area (Å²) in [5, 5.41) is 3.14. The van der Waals surface area contributed by atoms with Crippen LogP contribution < -0.4 is 16.6 Å². The van der Waals surface area contributed by atoms with E-state index < -0.39 is 11.4 Å². The number of nitrogens with zero attached hydrogens (tertiary/aromatic N) is 6. The topological polar surface area (TPSA) is 124 Å². The second-order valence-electron chi connectivity index (χ2n) is 7.62. The Hall–Kier alpha value is -5.17. The number of fused-ring (bicyclic) bond motifs is 1. The van der Waals surface area contributed by atoms with Crippen LogP contribution in [0.1, 0.15) is 17.2 Å². The van der Waals surface area contributed by atoms with Crippen LogP contribution in [0.4, 0.5) is 16.0 Å². The SMILES string of the molecule is Nc1ncnc(NCCc2nc3cccc(F)c3c(=O)n2-c2ccccc2)c1C#Cc1ncccn1. The van der Waals surface area contributed by atoms with E-state index in [0.29, 0.717) is 47.2 Å². The van der Waals surface area contributed by atoms with Gasteiger partial charge in [-0.05, 0) is 36.3 Å². The first-order valence-corrected chi connectivity index (χ1v) is 11.0. The van der Waals surface area contributed by atoms with Crippen molar-refractivity contribution in [1.82, 2.24) is 29.5 Å². The third-order valence-electron chi connectivity index (χ3n) is 5.31. The van der Waals surface area contributed by atoms with Gasteiger partial charge in [-0.25, -0.2) is 29.3 Å². The summed E-state index contributed by atoms with van der Waals surface area (Å²) in [6.45, 7) is 0.340. The minimum Gasteiger partial charge on any atom is -0.382 e. The second kappa shape index (κ2) is 9.99. The molecule has 3 N–H and O–H groups in total. The number of hydrogen-bond acceptors (Lipinski definition) is 8. The van der Waals surface area contributed by atoms with E-state index >= 15 is 0 Å². The Kier molecular flexibility index (Phi) is 6.27. The van der Waals surface area contributed by atoms with Gasteiger partial charge in [0.2, 0.25) is 5.82 Å². The number of nitrogens with one attached hydrogen (secondary N) is 1. The number of nitrogens with two attached hydrogens (primary N) is 1. The molecule has 3 aromatic heterocycles. The number of halogens is 1. The minimum atomic E-state index is -0.610. The molecule has 2 aromatic carbocycles. The number of rotatable bonds is 5. The smallest absolute Gasteiger partial charge is 0.268 e. The predicted octanol–water partition coefficient (Wildman–Crippen LogP) is 2.74. The Morgan fingerprint density at radius 2 is 1.75 bits per heavy atom. The molecule has 0 atom stereocenters. The van der Waals surface area contributed by atoms with Gasteiger partial charge >= 0.3 is 0 Å². The minimum absolute atomic E-state index is 0.0534. The lowest BCUT2D eigenvalue weighted by molar-refractivity contribution is 0.636. The fraction of sp³-hybridized carbons (Fsp3) is 0.0769. The third-order valence-corrected chi connectivity index (χ3v) is 5.31. The molecule has 0 spiro atoms. The molecule has 0 unspecified atom stereocenters. The Bertz CT molecular complexity index is 1660. The first-order valence-electron chi connectivity index (χ1n) is 11.0. The van der Waals surface area contributed by atoms with E-state index in [-0.39, 0.29) is 11.2 Å². The maximum absolute atomic E-state index is 14.5. The van der Waals surface area contributed by atoms with Crippen molar-refractivity contribution < 1.29 is 4.39 Å². The Balaban J connectivity index is 1.47. The first-order chi connectivity index (χ1) is 17.6. The summed E-state index contributed by atoms with van der Waals surface area (Å²) in [4.78, 5) is 34.4. The molecule has 0 aliphatic rings. The van der Waals surface area contributed by atoms with Gasteiger partial charge < -0.3 is 11.1 Å². The quantitative estimate of drug-likeness (QED) is 0.370. The summed E-state index contributed by atoms with van der Waals surface area (Å²) in [7, 11) is 0. The number of para-hydroxylation sites is 1. The zero-order valence-electron chi connectivity index (χ0n) is 18.9. The van der Waals surface area contributed by atoms with Crippen molar-refractivity contribution in [2.24, 2.45) is 0 Å². The molecule has 5 aromatic rings. The molecular formula is C26H19FN8O. The molecule has 10 heteroatoms. The predicted molar refractivity (Wildman–Crippen MR) is 134 cm³/mol. The summed E-state index contributed by atoms with van der Waals surface area (Å²) >= 11 is 0. The molecule has 0 amide bonds. The van der Waals surface area contributed by atoms with Crippen LogP contribution in [0.2, 0.25) is 0 Å². The molecule has 0 aliphatic carbocycles. The summed E-state index contributed by atoms with van der Waals surface area (Å²) in [6.07, 6.45) is 4.85. The highest BCUT2D eigenvalue weighted by molar-refractivity contribution is 5.78. The molecule has 176 valence electrons.